The highest BCUT2D eigenvalue weighted by atomic mass is 19.1. The van der Waals surface area contributed by atoms with Gasteiger partial charge in [0.1, 0.15) is 17.9 Å². The predicted octanol–water partition coefficient (Wildman–Crippen LogP) is 1.86. The molecule has 0 unspecified atom stereocenters. The third-order valence-electron chi connectivity index (χ3n) is 2.62. The molecule has 0 fully saturated rings. The highest BCUT2D eigenvalue weighted by molar-refractivity contribution is 5.79. The fraction of sp³-hybridized carbons (Fsp3) is 0.357. The van der Waals surface area contributed by atoms with Gasteiger partial charge in [-0.3, -0.25) is 14.2 Å². The van der Waals surface area contributed by atoms with Crippen molar-refractivity contribution < 1.29 is 10.6 Å². The molecule has 2 rings (SSSR count). The number of carbonyl (C=O) groups excluding carboxylic acids is 1. The maximum atomic E-state index is 13.6. The van der Waals surface area contributed by atoms with Crippen LogP contribution in [0.2, 0.25) is 0 Å². The molecule has 0 aliphatic rings. The molecule has 5 nitrogen and oxygen atoms in total. The Hall–Kier alpha value is -2.24. The van der Waals surface area contributed by atoms with Crippen LogP contribution in [-0.4, -0.2) is 22.5 Å². The number of benzene rings is 1. The SMILES string of the molecule is CC.CNC(=O)Cn1cnc2c(F)cc(C)cc2c1=O.[HH]. The van der Waals surface area contributed by atoms with E-state index < -0.39 is 11.4 Å². The zero-order valence-electron chi connectivity index (χ0n) is 12.0. The molecule has 0 aliphatic carbocycles. The minimum atomic E-state index is -0.533. The van der Waals surface area contributed by atoms with Gasteiger partial charge in [-0.1, -0.05) is 13.8 Å². The maximum absolute atomic E-state index is 13.6. The van der Waals surface area contributed by atoms with Crippen LogP contribution in [0.15, 0.2) is 23.3 Å². The third-order valence-corrected chi connectivity index (χ3v) is 2.62. The van der Waals surface area contributed by atoms with Crippen molar-refractivity contribution in [1.82, 2.24) is 14.9 Å². The lowest BCUT2D eigenvalue weighted by Crippen LogP contribution is -2.30. The molecule has 1 amide bonds. The molecule has 0 saturated heterocycles. The molecule has 6 heteroatoms. The van der Waals surface area contributed by atoms with Crippen LogP contribution in [0.1, 0.15) is 20.8 Å². The Morgan fingerprint density at radius 2 is 2.10 bits per heavy atom. The van der Waals surface area contributed by atoms with Gasteiger partial charge in [-0.05, 0) is 24.6 Å². The van der Waals surface area contributed by atoms with E-state index in [0.29, 0.717) is 5.56 Å². The zero-order chi connectivity index (χ0) is 15.3. The molecule has 2 aromatic rings. The number of fused-ring (bicyclic) bond motifs is 1. The minimum Gasteiger partial charge on any atom is -0.358 e. The summed E-state index contributed by atoms with van der Waals surface area (Å²) in [6.45, 7) is 5.56. The number of amides is 1. The van der Waals surface area contributed by atoms with Crippen LogP contribution in [-0.2, 0) is 11.3 Å². The first-order valence-corrected chi connectivity index (χ1v) is 6.39. The highest BCUT2D eigenvalue weighted by Gasteiger charge is 2.10. The van der Waals surface area contributed by atoms with E-state index in [-0.39, 0.29) is 24.8 Å². The van der Waals surface area contributed by atoms with Crippen molar-refractivity contribution in [3.05, 3.63) is 40.2 Å². The van der Waals surface area contributed by atoms with E-state index in [0.717, 1.165) is 4.57 Å². The first-order valence-electron chi connectivity index (χ1n) is 6.39. The molecule has 1 N–H and O–H groups in total. The van der Waals surface area contributed by atoms with Crippen LogP contribution < -0.4 is 10.9 Å². The van der Waals surface area contributed by atoms with Crippen molar-refractivity contribution in [2.45, 2.75) is 27.3 Å². The quantitative estimate of drug-likeness (QED) is 0.914. The summed E-state index contributed by atoms with van der Waals surface area (Å²) < 4.78 is 14.8. The second kappa shape index (κ2) is 6.79. The summed E-state index contributed by atoms with van der Waals surface area (Å²) in [4.78, 5) is 27.2. The number of aryl methyl sites for hydroxylation is 1. The van der Waals surface area contributed by atoms with Crippen LogP contribution in [0.25, 0.3) is 10.9 Å². The van der Waals surface area contributed by atoms with E-state index >= 15 is 0 Å². The second-order valence-electron chi connectivity index (χ2n) is 3.99. The Balaban J connectivity index is 0.00000128. The first-order chi connectivity index (χ1) is 9.52. The number of nitrogens with one attached hydrogen (secondary N) is 1. The molecule has 0 spiro atoms. The van der Waals surface area contributed by atoms with Crippen molar-refractivity contribution in [3.63, 3.8) is 0 Å². The molecule has 20 heavy (non-hydrogen) atoms. The fourth-order valence-corrected chi connectivity index (χ4v) is 1.71. The summed E-state index contributed by atoms with van der Waals surface area (Å²) in [6.07, 6.45) is 1.18. The normalized spacial score (nSPS) is 9.85. The van der Waals surface area contributed by atoms with Crippen molar-refractivity contribution in [3.8, 4) is 0 Å². The van der Waals surface area contributed by atoms with Crippen molar-refractivity contribution in [2.75, 3.05) is 7.05 Å². The van der Waals surface area contributed by atoms with E-state index in [2.05, 4.69) is 10.3 Å². The summed E-state index contributed by atoms with van der Waals surface area (Å²) >= 11 is 0. The fourth-order valence-electron chi connectivity index (χ4n) is 1.71. The highest BCUT2D eigenvalue weighted by Crippen LogP contribution is 2.14. The zero-order valence-corrected chi connectivity index (χ0v) is 12.0. The van der Waals surface area contributed by atoms with Crippen molar-refractivity contribution in [2.24, 2.45) is 0 Å². The lowest BCUT2D eigenvalue weighted by Gasteiger charge is -2.06. The molecule has 1 aromatic carbocycles. The Kier molecular flexibility index (Phi) is 5.37. The average molecular weight is 281 g/mol. The van der Waals surface area contributed by atoms with E-state index in [9.17, 15) is 14.0 Å². The summed E-state index contributed by atoms with van der Waals surface area (Å²) in [5, 5.41) is 2.59. The number of carbonyl (C=O) groups is 1. The minimum absolute atomic E-state index is 0. The largest absolute Gasteiger partial charge is 0.358 e. The standard InChI is InChI=1S/C12H12FN3O2.C2H6.H2/c1-7-3-8-11(9(13)4-7)15-6-16(12(8)18)5-10(17)14-2;1-2;/h3-4,6H,5H2,1-2H3,(H,14,17);1-2H3;1H. The molecule has 0 radical (unpaired) electrons. The predicted molar refractivity (Wildman–Crippen MR) is 78.2 cm³/mol. The Labute approximate surface area is 117 Å². The topological polar surface area (TPSA) is 64.0 Å². The van der Waals surface area contributed by atoms with Gasteiger partial charge in [-0.15, -0.1) is 0 Å². The first kappa shape index (κ1) is 15.8. The Morgan fingerprint density at radius 1 is 1.45 bits per heavy atom. The van der Waals surface area contributed by atoms with Crippen molar-refractivity contribution >= 4 is 16.8 Å². The number of likely N-dealkylation sites (N-methyl/N-ethyl adjacent to an activating group) is 1. The molecular formula is C14H20FN3O2. The second-order valence-corrected chi connectivity index (χ2v) is 3.99. The molecule has 0 atom stereocenters. The van der Waals surface area contributed by atoms with Gasteiger partial charge in [-0.25, -0.2) is 9.37 Å². The smallest absolute Gasteiger partial charge is 0.261 e. The number of halogens is 1. The van der Waals surface area contributed by atoms with Gasteiger partial charge in [0.05, 0.1) is 11.7 Å². The summed E-state index contributed by atoms with van der Waals surface area (Å²) in [6, 6.07) is 2.88. The molecule has 1 aromatic heterocycles. The Morgan fingerprint density at radius 3 is 2.70 bits per heavy atom. The third kappa shape index (κ3) is 3.20. The number of rotatable bonds is 2. The number of nitrogens with zero attached hydrogens (tertiary/aromatic N) is 2. The van der Waals surface area contributed by atoms with Crippen molar-refractivity contribution in [1.29, 1.82) is 0 Å². The van der Waals surface area contributed by atoms with E-state index in [1.54, 1.807) is 13.0 Å². The van der Waals surface area contributed by atoms with Gasteiger partial charge in [0.2, 0.25) is 5.91 Å². The molecule has 1 heterocycles. The molecular weight excluding hydrogens is 261 g/mol. The van der Waals surface area contributed by atoms with Crippen LogP contribution in [0.5, 0.6) is 0 Å². The van der Waals surface area contributed by atoms with E-state index in [1.165, 1.54) is 19.4 Å². The van der Waals surface area contributed by atoms with E-state index in [1.807, 2.05) is 13.8 Å². The van der Waals surface area contributed by atoms with Crippen LogP contribution >= 0.6 is 0 Å². The Bertz CT molecular complexity index is 686. The molecule has 0 aliphatic heterocycles. The lowest BCUT2D eigenvalue weighted by molar-refractivity contribution is -0.121. The van der Waals surface area contributed by atoms with Gasteiger partial charge in [0.15, 0.2) is 0 Å². The molecule has 0 bridgehead atoms. The van der Waals surface area contributed by atoms with E-state index in [4.69, 9.17) is 0 Å². The maximum Gasteiger partial charge on any atom is 0.261 e. The van der Waals surface area contributed by atoms with Crippen LogP contribution in [0, 0.1) is 12.7 Å². The molecule has 110 valence electrons. The van der Waals surface area contributed by atoms with Gasteiger partial charge in [0.25, 0.3) is 5.56 Å². The summed E-state index contributed by atoms with van der Waals surface area (Å²) in [7, 11) is 1.48. The van der Waals surface area contributed by atoms with Gasteiger partial charge in [-0.2, -0.15) is 0 Å². The summed E-state index contributed by atoms with van der Waals surface area (Å²) in [5.41, 5.74) is 0.238. The van der Waals surface area contributed by atoms with Crippen LogP contribution in [0.4, 0.5) is 4.39 Å². The molecule has 0 saturated carbocycles. The van der Waals surface area contributed by atoms with Gasteiger partial charge in [0, 0.05) is 8.47 Å². The monoisotopic (exact) mass is 281 g/mol. The van der Waals surface area contributed by atoms with Gasteiger partial charge >= 0.3 is 0 Å². The summed E-state index contributed by atoms with van der Waals surface area (Å²) in [5.74, 6) is -0.847. The average Bonchev–Trinajstić information content (AvgIpc) is 2.44. The number of aromatic nitrogens is 2. The van der Waals surface area contributed by atoms with Gasteiger partial charge < -0.3 is 5.32 Å². The lowest BCUT2D eigenvalue weighted by atomic mass is 10.1. The number of hydrogen-bond acceptors (Lipinski definition) is 3. The van der Waals surface area contributed by atoms with Crippen LogP contribution in [0.3, 0.4) is 0 Å². The number of hydrogen-bond donors (Lipinski definition) is 1.